The smallest absolute Gasteiger partial charge is 0.123 e. The number of hydrogen-bond donors (Lipinski definition) is 1. The van der Waals surface area contributed by atoms with E-state index >= 15 is 0 Å². The first-order valence-electron chi connectivity index (χ1n) is 7.56. The molecule has 0 aliphatic carbocycles. The predicted octanol–water partition coefficient (Wildman–Crippen LogP) is 2.78. The first-order chi connectivity index (χ1) is 10.1. The van der Waals surface area contributed by atoms with Crippen LogP contribution in [0.15, 0.2) is 18.2 Å². The van der Waals surface area contributed by atoms with Gasteiger partial charge in [0.25, 0.3) is 0 Å². The zero-order chi connectivity index (χ0) is 15.7. The number of methoxy groups -OCH3 is 1. The standard InChI is InChI=1S/C17H27N3O/c1-14(2)20(3)10-6-5-9-19-13-16-11-15(12-18)7-8-17(16)21-4/h7-8,11,14,19H,5-6,9-10,13H2,1-4H3. The normalized spacial score (nSPS) is 10.9. The van der Waals surface area contributed by atoms with Gasteiger partial charge in [0.1, 0.15) is 5.75 Å². The fourth-order valence-corrected chi connectivity index (χ4v) is 2.08. The molecule has 21 heavy (non-hydrogen) atoms. The SMILES string of the molecule is COc1ccc(C#N)cc1CNCCCCN(C)C(C)C. The van der Waals surface area contributed by atoms with Gasteiger partial charge in [0, 0.05) is 18.2 Å². The minimum absolute atomic E-state index is 0.607. The van der Waals surface area contributed by atoms with Crippen molar-refractivity contribution in [1.29, 1.82) is 5.26 Å². The molecule has 0 spiro atoms. The van der Waals surface area contributed by atoms with Crippen LogP contribution in [-0.2, 0) is 6.54 Å². The Hall–Kier alpha value is -1.57. The molecule has 1 rings (SSSR count). The highest BCUT2D eigenvalue weighted by molar-refractivity contribution is 5.41. The van der Waals surface area contributed by atoms with E-state index in [9.17, 15) is 0 Å². The maximum atomic E-state index is 8.95. The Morgan fingerprint density at radius 2 is 2.10 bits per heavy atom. The lowest BCUT2D eigenvalue weighted by atomic mass is 10.1. The summed E-state index contributed by atoms with van der Waals surface area (Å²) in [7, 11) is 3.82. The highest BCUT2D eigenvalue weighted by Crippen LogP contribution is 2.19. The maximum absolute atomic E-state index is 8.95. The Kier molecular flexibility index (Phi) is 7.81. The lowest BCUT2D eigenvalue weighted by Gasteiger charge is -2.20. The van der Waals surface area contributed by atoms with Gasteiger partial charge in [-0.05, 0) is 65.0 Å². The molecule has 0 atom stereocenters. The van der Waals surface area contributed by atoms with Crippen molar-refractivity contribution in [3.05, 3.63) is 29.3 Å². The molecule has 0 aliphatic rings. The summed E-state index contributed by atoms with van der Waals surface area (Å²) in [5, 5.41) is 12.4. The highest BCUT2D eigenvalue weighted by Gasteiger charge is 2.05. The molecule has 0 unspecified atom stereocenters. The van der Waals surface area contributed by atoms with Gasteiger partial charge in [-0.25, -0.2) is 0 Å². The number of nitrogens with zero attached hydrogens (tertiary/aromatic N) is 2. The van der Waals surface area contributed by atoms with E-state index in [1.54, 1.807) is 13.2 Å². The van der Waals surface area contributed by atoms with Crippen LogP contribution in [0.4, 0.5) is 0 Å². The summed E-state index contributed by atoms with van der Waals surface area (Å²) in [5.41, 5.74) is 1.71. The highest BCUT2D eigenvalue weighted by atomic mass is 16.5. The van der Waals surface area contributed by atoms with E-state index in [1.165, 1.54) is 6.42 Å². The number of nitriles is 1. The molecule has 0 aromatic heterocycles. The van der Waals surface area contributed by atoms with E-state index in [2.05, 4.69) is 37.2 Å². The molecule has 0 heterocycles. The molecule has 116 valence electrons. The van der Waals surface area contributed by atoms with E-state index in [-0.39, 0.29) is 0 Å². The fourth-order valence-electron chi connectivity index (χ4n) is 2.08. The molecular weight excluding hydrogens is 262 g/mol. The second-order valence-corrected chi connectivity index (χ2v) is 5.60. The van der Waals surface area contributed by atoms with Crippen molar-refractivity contribution in [2.45, 2.75) is 39.3 Å². The lowest BCUT2D eigenvalue weighted by molar-refractivity contribution is 0.268. The van der Waals surface area contributed by atoms with Crippen LogP contribution in [0.2, 0.25) is 0 Å². The van der Waals surface area contributed by atoms with Gasteiger partial charge >= 0.3 is 0 Å². The number of hydrogen-bond acceptors (Lipinski definition) is 4. The van der Waals surface area contributed by atoms with E-state index in [0.29, 0.717) is 11.6 Å². The summed E-state index contributed by atoms with van der Waals surface area (Å²) in [6.07, 6.45) is 2.34. The summed E-state index contributed by atoms with van der Waals surface area (Å²) < 4.78 is 5.32. The van der Waals surface area contributed by atoms with Crippen LogP contribution >= 0.6 is 0 Å². The molecule has 0 radical (unpaired) electrons. The molecule has 1 aromatic carbocycles. The Labute approximate surface area is 128 Å². The molecule has 0 aliphatic heterocycles. The van der Waals surface area contributed by atoms with Gasteiger partial charge in [-0.1, -0.05) is 0 Å². The van der Waals surface area contributed by atoms with Crippen LogP contribution in [0.1, 0.15) is 37.8 Å². The Morgan fingerprint density at radius 3 is 2.71 bits per heavy atom. The van der Waals surface area contributed by atoms with Crippen molar-refractivity contribution in [3.63, 3.8) is 0 Å². The maximum Gasteiger partial charge on any atom is 0.123 e. The van der Waals surface area contributed by atoms with Gasteiger partial charge < -0.3 is 15.0 Å². The van der Waals surface area contributed by atoms with Crippen LogP contribution in [0.25, 0.3) is 0 Å². The quantitative estimate of drug-likeness (QED) is 0.710. The predicted molar refractivity (Wildman–Crippen MR) is 86.4 cm³/mol. The summed E-state index contributed by atoms with van der Waals surface area (Å²) in [5.74, 6) is 0.834. The lowest BCUT2D eigenvalue weighted by Crippen LogP contribution is -2.27. The zero-order valence-electron chi connectivity index (χ0n) is 13.6. The van der Waals surface area contributed by atoms with Crippen LogP contribution in [0.5, 0.6) is 5.75 Å². The summed E-state index contributed by atoms with van der Waals surface area (Å²) >= 11 is 0. The Morgan fingerprint density at radius 1 is 1.33 bits per heavy atom. The van der Waals surface area contributed by atoms with Gasteiger partial charge in [0.15, 0.2) is 0 Å². The van der Waals surface area contributed by atoms with Crippen molar-refractivity contribution in [1.82, 2.24) is 10.2 Å². The first kappa shape index (κ1) is 17.5. The van der Waals surface area contributed by atoms with Gasteiger partial charge in [0.2, 0.25) is 0 Å². The van der Waals surface area contributed by atoms with Crippen LogP contribution < -0.4 is 10.1 Å². The molecule has 4 nitrogen and oxygen atoms in total. The Balaban J connectivity index is 2.31. The molecule has 0 fully saturated rings. The van der Waals surface area contributed by atoms with Crippen molar-refractivity contribution in [3.8, 4) is 11.8 Å². The molecule has 4 heteroatoms. The number of nitrogens with one attached hydrogen (secondary N) is 1. The third-order valence-corrected chi connectivity index (χ3v) is 3.72. The second kappa shape index (κ2) is 9.38. The van der Waals surface area contributed by atoms with Crippen molar-refractivity contribution >= 4 is 0 Å². The van der Waals surface area contributed by atoms with Gasteiger partial charge in [-0.3, -0.25) is 0 Å². The van der Waals surface area contributed by atoms with Crippen molar-refractivity contribution in [2.24, 2.45) is 0 Å². The Bertz CT molecular complexity index is 466. The summed E-state index contributed by atoms with van der Waals surface area (Å²) in [6.45, 7) is 7.27. The van der Waals surface area contributed by atoms with Gasteiger partial charge in [0.05, 0.1) is 18.7 Å². The molecular formula is C17H27N3O. The summed E-state index contributed by atoms with van der Waals surface area (Å²) in [4.78, 5) is 2.36. The number of rotatable bonds is 9. The van der Waals surface area contributed by atoms with E-state index in [1.807, 2.05) is 12.1 Å². The minimum atomic E-state index is 0.607. The molecule has 0 amide bonds. The third kappa shape index (κ3) is 6.16. The molecule has 1 N–H and O–H groups in total. The van der Waals surface area contributed by atoms with E-state index < -0.39 is 0 Å². The zero-order valence-corrected chi connectivity index (χ0v) is 13.6. The molecule has 0 saturated carbocycles. The largest absolute Gasteiger partial charge is 0.496 e. The van der Waals surface area contributed by atoms with Crippen LogP contribution in [-0.4, -0.2) is 38.2 Å². The number of ether oxygens (including phenoxy) is 1. The van der Waals surface area contributed by atoms with Crippen molar-refractivity contribution in [2.75, 3.05) is 27.2 Å². The minimum Gasteiger partial charge on any atom is -0.496 e. The van der Waals surface area contributed by atoms with Gasteiger partial charge in [-0.2, -0.15) is 5.26 Å². The van der Waals surface area contributed by atoms with Crippen LogP contribution in [0, 0.1) is 11.3 Å². The topological polar surface area (TPSA) is 48.3 Å². The van der Waals surface area contributed by atoms with E-state index in [4.69, 9.17) is 10.00 Å². The van der Waals surface area contributed by atoms with Gasteiger partial charge in [-0.15, -0.1) is 0 Å². The molecule has 0 saturated heterocycles. The fraction of sp³-hybridized carbons (Fsp3) is 0.588. The average molecular weight is 289 g/mol. The summed E-state index contributed by atoms with van der Waals surface area (Å²) in [6, 6.07) is 8.29. The first-order valence-corrected chi connectivity index (χ1v) is 7.56. The number of unbranched alkanes of at least 4 members (excludes halogenated alkanes) is 1. The van der Waals surface area contributed by atoms with Crippen molar-refractivity contribution < 1.29 is 4.74 Å². The second-order valence-electron chi connectivity index (χ2n) is 5.60. The van der Waals surface area contributed by atoms with Crippen LogP contribution in [0.3, 0.4) is 0 Å². The third-order valence-electron chi connectivity index (χ3n) is 3.72. The molecule has 0 bridgehead atoms. The van der Waals surface area contributed by atoms with E-state index in [0.717, 1.165) is 37.4 Å². The molecule has 1 aromatic rings. The monoisotopic (exact) mass is 289 g/mol. The number of benzene rings is 1. The average Bonchev–Trinajstić information content (AvgIpc) is 2.49.